The van der Waals surface area contributed by atoms with E-state index in [1.807, 2.05) is 0 Å². The highest BCUT2D eigenvalue weighted by Crippen LogP contribution is 2.15. The van der Waals surface area contributed by atoms with Gasteiger partial charge in [-0.25, -0.2) is 8.78 Å². The molecule has 1 unspecified atom stereocenters. The summed E-state index contributed by atoms with van der Waals surface area (Å²) in [5.41, 5.74) is 1.10. The van der Waals surface area contributed by atoms with Crippen LogP contribution in [-0.2, 0) is 12.8 Å². The van der Waals surface area contributed by atoms with Gasteiger partial charge in [-0.2, -0.15) is 0 Å². The number of pyridine rings is 1. The van der Waals surface area contributed by atoms with Gasteiger partial charge in [-0.15, -0.1) is 0 Å². The van der Waals surface area contributed by atoms with Crippen LogP contribution < -0.4 is 0 Å². The molecule has 0 saturated heterocycles. The van der Waals surface area contributed by atoms with E-state index in [1.165, 1.54) is 12.1 Å². The van der Waals surface area contributed by atoms with E-state index in [9.17, 15) is 13.9 Å². The molecule has 0 aliphatic rings. The molecule has 1 N–H and O–H groups in total. The summed E-state index contributed by atoms with van der Waals surface area (Å²) < 4.78 is 26.4. The van der Waals surface area contributed by atoms with Crippen LogP contribution in [0.25, 0.3) is 0 Å². The number of aliphatic hydroxyl groups is 1. The first kappa shape index (κ1) is 12.6. The average Bonchev–Trinajstić information content (AvgIpc) is 2.36. The molecule has 1 aromatic carbocycles. The van der Waals surface area contributed by atoms with Crippen LogP contribution in [0.2, 0.25) is 0 Å². The molecule has 4 heteroatoms. The normalized spacial score (nSPS) is 12.4. The topological polar surface area (TPSA) is 33.1 Å². The zero-order chi connectivity index (χ0) is 13.0. The lowest BCUT2D eigenvalue weighted by molar-refractivity contribution is 0.174. The molecule has 0 radical (unpaired) electrons. The van der Waals surface area contributed by atoms with Crippen LogP contribution in [-0.4, -0.2) is 16.2 Å². The van der Waals surface area contributed by atoms with Gasteiger partial charge in [-0.3, -0.25) is 4.98 Å². The van der Waals surface area contributed by atoms with Crippen LogP contribution >= 0.6 is 0 Å². The Morgan fingerprint density at radius 1 is 1.06 bits per heavy atom. The largest absolute Gasteiger partial charge is 0.392 e. The van der Waals surface area contributed by atoms with E-state index in [0.717, 1.165) is 11.6 Å². The molecule has 0 amide bonds. The fraction of sp³-hybridized carbons (Fsp3) is 0.214. The van der Waals surface area contributed by atoms with Gasteiger partial charge in [0.25, 0.3) is 0 Å². The molecule has 2 rings (SSSR count). The number of hydrogen-bond acceptors (Lipinski definition) is 2. The van der Waals surface area contributed by atoms with Crippen LogP contribution in [0.15, 0.2) is 42.7 Å². The van der Waals surface area contributed by atoms with E-state index < -0.39 is 17.7 Å². The number of benzene rings is 1. The van der Waals surface area contributed by atoms with Crippen molar-refractivity contribution in [1.29, 1.82) is 0 Å². The monoisotopic (exact) mass is 249 g/mol. The third-order valence-electron chi connectivity index (χ3n) is 2.71. The molecule has 94 valence electrons. The molecule has 0 fully saturated rings. The van der Waals surface area contributed by atoms with E-state index in [-0.39, 0.29) is 12.0 Å². The Balaban J connectivity index is 2.03. The Morgan fingerprint density at radius 2 is 1.78 bits per heavy atom. The van der Waals surface area contributed by atoms with Gasteiger partial charge in [0.15, 0.2) is 11.6 Å². The standard InChI is InChI=1S/C14H13F2NO/c15-13-3-1-2-11(14(13)16)9-12(18)8-10-4-6-17-7-5-10/h1-7,12,18H,8-9H2. The highest BCUT2D eigenvalue weighted by atomic mass is 19.2. The van der Waals surface area contributed by atoms with Crippen molar-refractivity contribution in [2.24, 2.45) is 0 Å². The van der Waals surface area contributed by atoms with Crippen molar-refractivity contribution in [2.45, 2.75) is 18.9 Å². The van der Waals surface area contributed by atoms with Gasteiger partial charge in [0, 0.05) is 18.8 Å². The predicted octanol–water partition coefficient (Wildman–Crippen LogP) is 2.51. The Hall–Kier alpha value is -1.81. The molecule has 0 aliphatic heterocycles. The summed E-state index contributed by atoms with van der Waals surface area (Å²) in [7, 11) is 0. The third-order valence-corrected chi connectivity index (χ3v) is 2.71. The van der Waals surface area contributed by atoms with Crippen molar-refractivity contribution in [1.82, 2.24) is 4.98 Å². The lowest BCUT2D eigenvalue weighted by Crippen LogP contribution is -2.15. The first-order valence-corrected chi connectivity index (χ1v) is 5.66. The van der Waals surface area contributed by atoms with Gasteiger partial charge in [0.05, 0.1) is 6.10 Å². The molecule has 1 atom stereocenters. The van der Waals surface area contributed by atoms with Crippen molar-refractivity contribution in [3.05, 3.63) is 65.5 Å². The molecule has 0 spiro atoms. The summed E-state index contributed by atoms with van der Waals surface area (Å²) in [6, 6.07) is 7.55. The second-order valence-corrected chi connectivity index (χ2v) is 4.13. The molecule has 0 aliphatic carbocycles. The average molecular weight is 249 g/mol. The predicted molar refractivity (Wildman–Crippen MR) is 64.0 cm³/mol. The lowest BCUT2D eigenvalue weighted by Gasteiger charge is -2.11. The summed E-state index contributed by atoms with van der Waals surface area (Å²) in [5.74, 6) is -1.77. The van der Waals surface area contributed by atoms with E-state index in [1.54, 1.807) is 24.5 Å². The van der Waals surface area contributed by atoms with Crippen molar-refractivity contribution in [3.8, 4) is 0 Å². The number of halogens is 2. The Labute approximate surface area is 104 Å². The number of aliphatic hydroxyl groups excluding tert-OH is 1. The molecule has 2 aromatic rings. The van der Waals surface area contributed by atoms with E-state index in [2.05, 4.69) is 4.98 Å². The zero-order valence-electron chi connectivity index (χ0n) is 9.68. The van der Waals surface area contributed by atoms with Crippen LogP contribution in [0.4, 0.5) is 8.78 Å². The van der Waals surface area contributed by atoms with E-state index in [4.69, 9.17) is 0 Å². The quantitative estimate of drug-likeness (QED) is 0.903. The first-order chi connectivity index (χ1) is 8.66. The molecule has 0 bridgehead atoms. The maximum absolute atomic E-state index is 13.4. The number of hydrogen-bond donors (Lipinski definition) is 1. The highest BCUT2D eigenvalue weighted by molar-refractivity contribution is 5.20. The fourth-order valence-electron chi connectivity index (χ4n) is 1.82. The van der Waals surface area contributed by atoms with Gasteiger partial charge >= 0.3 is 0 Å². The van der Waals surface area contributed by atoms with Gasteiger partial charge in [0.1, 0.15) is 0 Å². The molecule has 2 nitrogen and oxygen atoms in total. The molecular formula is C14H13F2NO. The maximum atomic E-state index is 13.4. The SMILES string of the molecule is OC(Cc1ccncc1)Cc1cccc(F)c1F. The fourth-order valence-corrected chi connectivity index (χ4v) is 1.82. The van der Waals surface area contributed by atoms with Crippen molar-refractivity contribution >= 4 is 0 Å². The minimum Gasteiger partial charge on any atom is -0.392 e. The summed E-state index contributed by atoms with van der Waals surface area (Å²) in [5, 5.41) is 9.86. The second-order valence-electron chi connectivity index (χ2n) is 4.13. The molecular weight excluding hydrogens is 236 g/mol. The molecule has 1 heterocycles. The third kappa shape index (κ3) is 3.11. The number of aromatic nitrogens is 1. The minimum atomic E-state index is -0.886. The van der Waals surface area contributed by atoms with Gasteiger partial charge in [-0.1, -0.05) is 12.1 Å². The van der Waals surface area contributed by atoms with Crippen molar-refractivity contribution in [3.63, 3.8) is 0 Å². The second kappa shape index (κ2) is 5.69. The summed E-state index contributed by atoms with van der Waals surface area (Å²) in [4.78, 5) is 3.87. The van der Waals surface area contributed by atoms with Crippen LogP contribution in [0, 0.1) is 11.6 Å². The Bertz CT molecular complexity index is 516. The van der Waals surface area contributed by atoms with Crippen LogP contribution in [0.1, 0.15) is 11.1 Å². The summed E-state index contributed by atoms with van der Waals surface area (Å²) >= 11 is 0. The highest BCUT2D eigenvalue weighted by Gasteiger charge is 2.12. The van der Waals surface area contributed by atoms with Crippen LogP contribution in [0.3, 0.4) is 0 Å². The molecule has 18 heavy (non-hydrogen) atoms. The number of nitrogens with zero attached hydrogens (tertiary/aromatic N) is 1. The van der Waals surface area contributed by atoms with Crippen molar-refractivity contribution < 1.29 is 13.9 Å². The maximum Gasteiger partial charge on any atom is 0.162 e. The van der Waals surface area contributed by atoms with Gasteiger partial charge in [-0.05, 0) is 35.7 Å². The Morgan fingerprint density at radius 3 is 2.50 bits per heavy atom. The zero-order valence-corrected chi connectivity index (χ0v) is 9.68. The van der Waals surface area contributed by atoms with E-state index in [0.29, 0.717) is 6.42 Å². The molecule has 1 aromatic heterocycles. The smallest absolute Gasteiger partial charge is 0.162 e. The summed E-state index contributed by atoms with van der Waals surface area (Å²) in [6.45, 7) is 0. The van der Waals surface area contributed by atoms with Gasteiger partial charge in [0.2, 0.25) is 0 Å². The summed E-state index contributed by atoms with van der Waals surface area (Å²) in [6.07, 6.45) is 2.99. The van der Waals surface area contributed by atoms with Gasteiger partial charge < -0.3 is 5.11 Å². The first-order valence-electron chi connectivity index (χ1n) is 5.66. The lowest BCUT2D eigenvalue weighted by atomic mass is 10.0. The molecule has 0 saturated carbocycles. The van der Waals surface area contributed by atoms with Crippen molar-refractivity contribution in [2.75, 3.05) is 0 Å². The number of rotatable bonds is 4. The van der Waals surface area contributed by atoms with Crippen LogP contribution in [0.5, 0.6) is 0 Å². The van der Waals surface area contributed by atoms with E-state index >= 15 is 0 Å². The minimum absolute atomic E-state index is 0.0892. The Kier molecular flexibility index (Phi) is 3.99.